The Morgan fingerprint density at radius 1 is 0.841 bits per heavy atom. The van der Waals surface area contributed by atoms with Gasteiger partial charge in [-0.3, -0.25) is 19.7 Å². The summed E-state index contributed by atoms with van der Waals surface area (Å²) in [4.78, 5) is 76.7. The number of carbonyl (C=O) groups is 6. The fourth-order valence-electron chi connectivity index (χ4n) is 7.96. The molecule has 22 heteroatoms. The van der Waals surface area contributed by atoms with E-state index in [2.05, 4.69) is 10.6 Å². The van der Waals surface area contributed by atoms with Crippen LogP contribution >= 0.6 is 0 Å². The Balaban J connectivity index is 0.00000661. The number of rotatable bonds is 9. The quantitative estimate of drug-likeness (QED) is 0.0784. The zero-order chi connectivity index (χ0) is 44.9. The van der Waals surface area contributed by atoms with Gasteiger partial charge in [0.1, 0.15) is 48.1 Å². The van der Waals surface area contributed by atoms with Crippen LogP contribution in [0.4, 0.5) is 15.3 Å². The van der Waals surface area contributed by atoms with Crippen LogP contribution in [0.5, 0.6) is 11.5 Å². The monoisotopic (exact) mass is 889 g/mol. The number of alkyl carbamates (subject to hydrolysis) is 1. The number of hydrogen-bond acceptors (Lipinski definition) is 18. The van der Waals surface area contributed by atoms with E-state index in [0.717, 1.165) is 6.92 Å². The molecule has 0 saturated carbocycles. The maximum atomic E-state index is 13.6. The fraction of sp³-hybridized carbons (Fsp3) is 0.415. The number of phenols is 2. The fourth-order valence-corrected chi connectivity index (χ4v) is 7.96. The number of amides is 2. The summed E-state index contributed by atoms with van der Waals surface area (Å²) < 4.78 is 27.2. The first kappa shape index (κ1) is 47.4. The maximum absolute atomic E-state index is 13.6. The first-order chi connectivity index (χ1) is 29.3. The van der Waals surface area contributed by atoms with Crippen LogP contribution in [-0.2, 0) is 46.3 Å². The van der Waals surface area contributed by atoms with Crippen LogP contribution in [0.3, 0.4) is 0 Å². The molecule has 11 atom stereocenters. The number of aromatic hydroxyl groups is 2. The minimum Gasteiger partial charge on any atom is -0.507 e. The van der Waals surface area contributed by atoms with Crippen molar-refractivity contribution in [1.82, 2.24) is 5.32 Å². The Bertz CT molecular complexity index is 2320. The molecule has 21 nitrogen and oxygen atoms in total. The van der Waals surface area contributed by atoms with Gasteiger partial charge in [-0.25, -0.2) is 14.4 Å². The van der Waals surface area contributed by atoms with E-state index in [0.29, 0.717) is 5.56 Å². The van der Waals surface area contributed by atoms with Crippen LogP contribution in [0, 0.1) is 0 Å². The number of carboxylic acids is 1. The number of fused-ring (bicyclic) bond motifs is 3. The van der Waals surface area contributed by atoms with Gasteiger partial charge < -0.3 is 69.9 Å². The Kier molecular flexibility index (Phi) is 14.0. The topological polar surface area (TPSA) is 334 Å². The first-order valence-corrected chi connectivity index (χ1v) is 19.2. The molecule has 2 aliphatic carbocycles. The van der Waals surface area contributed by atoms with Crippen LogP contribution in [0.1, 0.15) is 81.3 Å². The largest absolute Gasteiger partial charge is 0.507 e. The van der Waals surface area contributed by atoms with E-state index in [1.54, 1.807) is 0 Å². The standard InChI is InChI=1S/C41H42N2O19.Na/c1-15-28(45)22(43-39(55)58-14-17-7-9-18(10-8-17)42-40(56)62-38-35(52)33(50)34(51)36(61-38)37(53)54)11-24(59-15)60-23-13-41(57,16(2)44)12-21-25(23)32(49)27-26(31(21)48)29(46)19-5-3-4-6-20(19)30(27)47;/h3-10,15,22-24,28,33-36,38,45,48-52,57H,11-14H2,1-2H3,(H,42,56)(H,43,55)(H,53,54);/t15-,22-,23-,24-,28+,33-,34-,35+,36-,38-,41-;/m0./s1. The number of carbonyl (C=O) groups excluding carboxylic acids is 5. The van der Waals surface area contributed by atoms with E-state index in [4.69, 9.17) is 28.8 Å². The van der Waals surface area contributed by atoms with Gasteiger partial charge in [0.2, 0.25) is 6.29 Å². The van der Waals surface area contributed by atoms with Crippen LogP contribution < -0.4 is 10.6 Å². The van der Waals surface area contributed by atoms with Gasteiger partial charge in [0.25, 0.3) is 0 Å². The summed E-state index contributed by atoms with van der Waals surface area (Å²) in [5, 5.41) is 89.4. The van der Waals surface area contributed by atoms with Crippen molar-refractivity contribution in [1.29, 1.82) is 0 Å². The third kappa shape index (κ3) is 9.17. The number of carboxylic acid groups (broad SMARTS) is 1. The number of anilines is 1. The summed E-state index contributed by atoms with van der Waals surface area (Å²) in [6.45, 7) is 2.30. The van der Waals surface area contributed by atoms with Crippen molar-refractivity contribution < 1.29 is 93.3 Å². The number of aliphatic hydroxyl groups is 5. The molecule has 7 rings (SSSR count). The second-order valence-corrected chi connectivity index (χ2v) is 15.4. The molecule has 2 amide bonds. The van der Waals surface area contributed by atoms with Gasteiger partial charge in [0.15, 0.2) is 29.7 Å². The van der Waals surface area contributed by atoms with Gasteiger partial charge in [-0.05, 0) is 31.5 Å². The molecule has 0 unspecified atom stereocenters. The molecule has 2 saturated heterocycles. The average Bonchev–Trinajstić information content (AvgIpc) is 3.22. The summed E-state index contributed by atoms with van der Waals surface area (Å²) in [6, 6.07) is 10.5. The molecule has 3 aromatic carbocycles. The van der Waals surface area contributed by atoms with E-state index in [1.165, 1.54) is 55.5 Å². The van der Waals surface area contributed by atoms with Crippen molar-refractivity contribution in [3.8, 4) is 11.5 Å². The Morgan fingerprint density at radius 3 is 2.06 bits per heavy atom. The van der Waals surface area contributed by atoms with E-state index < -0.39 is 138 Å². The van der Waals surface area contributed by atoms with Gasteiger partial charge in [0, 0.05) is 76.8 Å². The van der Waals surface area contributed by atoms with Crippen molar-refractivity contribution in [3.05, 3.63) is 87.5 Å². The minimum atomic E-state index is -2.15. The molecule has 2 heterocycles. The van der Waals surface area contributed by atoms with Crippen LogP contribution in [-0.4, -0.2) is 167 Å². The summed E-state index contributed by atoms with van der Waals surface area (Å²) in [6.07, 6.45) is -18.2. The molecular formula is C41H42N2NaO19. The Morgan fingerprint density at radius 2 is 1.46 bits per heavy atom. The molecule has 10 N–H and O–H groups in total. The number of Topliss-reactive ketones (excluding diaryl/α,β-unsaturated/α-hetero) is 1. The summed E-state index contributed by atoms with van der Waals surface area (Å²) in [5.41, 5.74) is -2.87. The van der Waals surface area contributed by atoms with Gasteiger partial charge >= 0.3 is 18.2 Å². The maximum Gasteiger partial charge on any atom is 0.414 e. The predicted octanol–water partition coefficient (Wildman–Crippen LogP) is 0.0479. The number of aliphatic hydroxyl groups excluding tert-OH is 4. The van der Waals surface area contributed by atoms with E-state index in [1.807, 2.05) is 0 Å². The molecule has 331 valence electrons. The summed E-state index contributed by atoms with van der Waals surface area (Å²) >= 11 is 0. The third-order valence-corrected chi connectivity index (χ3v) is 11.4. The third-order valence-electron chi connectivity index (χ3n) is 11.4. The van der Waals surface area contributed by atoms with Gasteiger partial charge in [0.05, 0.1) is 29.4 Å². The van der Waals surface area contributed by atoms with E-state index >= 15 is 0 Å². The molecular weight excluding hydrogens is 847 g/mol. The predicted molar refractivity (Wildman–Crippen MR) is 210 cm³/mol. The van der Waals surface area contributed by atoms with E-state index in [-0.39, 0.29) is 70.5 Å². The average molecular weight is 890 g/mol. The van der Waals surface area contributed by atoms with Crippen molar-refractivity contribution >= 4 is 70.8 Å². The van der Waals surface area contributed by atoms with Crippen molar-refractivity contribution in [3.63, 3.8) is 0 Å². The van der Waals surface area contributed by atoms with Crippen LogP contribution in [0.2, 0.25) is 0 Å². The number of hydrogen-bond donors (Lipinski definition) is 10. The molecule has 1 radical (unpaired) electrons. The molecule has 0 spiro atoms. The van der Waals surface area contributed by atoms with Crippen LogP contribution in [0.15, 0.2) is 48.5 Å². The first-order valence-electron chi connectivity index (χ1n) is 19.2. The van der Waals surface area contributed by atoms with Crippen molar-refractivity contribution in [2.45, 2.75) is 107 Å². The number of benzene rings is 3. The van der Waals surface area contributed by atoms with Gasteiger partial charge in [-0.1, -0.05) is 36.4 Å². The minimum absolute atomic E-state index is 0. The zero-order valence-electron chi connectivity index (χ0n) is 33.8. The van der Waals surface area contributed by atoms with Gasteiger partial charge in [-0.15, -0.1) is 0 Å². The normalized spacial score (nSPS) is 29.8. The van der Waals surface area contributed by atoms with Gasteiger partial charge in [-0.2, -0.15) is 0 Å². The van der Waals surface area contributed by atoms with Crippen molar-refractivity contribution in [2.24, 2.45) is 0 Å². The number of ether oxygens (including phenoxy) is 5. The molecule has 0 bridgehead atoms. The zero-order valence-corrected chi connectivity index (χ0v) is 35.8. The molecule has 3 aromatic rings. The number of phenolic OH excluding ortho intramolecular Hbond substituents is 2. The molecule has 4 aliphatic rings. The SMILES string of the molecule is CC(=O)[C@]1(O)Cc2c(O)c3c(c(O)c2[C@@H](O[C@H]2C[C@H](NC(=O)OCc4ccc(NC(=O)O[C@@H]5O[C@H](C(=O)O)[C@@H](O)[C@H](O)[C@H]5O)cc4)[C@H](O)[C@H](C)O2)C1)C(=O)c1ccccc1C3=O.[Na]. The number of ketones is 3. The summed E-state index contributed by atoms with van der Waals surface area (Å²) in [5.74, 6) is -5.25. The Labute approximate surface area is 378 Å². The summed E-state index contributed by atoms with van der Waals surface area (Å²) in [7, 11) is 0. The van der Waals surface area contributed by atoms with Crippen molar-refractivity contribution in [2.75, 3.05) is 5.32 Å². The molecule has 2 fully saturated rings. The molecule has 2 aliphatic heterocycles. The van der Waals surface area contributed by atoms with E-state index in [9.17, 15) is 64.5 Å². The van der Waals surface area contributed by atoms with Crippen LogP contribution in [0.25, 0.3) is 0 Å². The number of aliphatic carboxylic acids is 1. The second-order valence-electron chi connectivity index (χ2n) is 15.4. The molecule has 0 aromatic heterocycles. The molecule has 63 heavy (non-hydrogen) atoms. The second kappa shape index (κ2) is 18.6. The Hall–Kier alpha value is -5.04. The smallest absolute Gasteiger partial charge is 0.414 e. The number of nitrogens with one attached hydrogen (secondary N) is 2.